The summed E-state index contributed by atoms with van der Waals surface area (Å²) >= 11 is 0. The van der Waals surface area contributed by atoms with Gasteiger partial charge in [-0.25, -0.2) is 0 Å². The van der Waals surface area contributed by atoms with Gasteiger partial charge in [0.2, 0.25) is 0 Å². The first-order chi connectivity index (χ1) is 6.65. The first kappa shape index (κ1) is 13.9. The summed E-state index contributed by atoms with van der Waals surface area (Å²) < 4.78 is 0. The van der Waals surface area contributed by atoms with Crippen LogP contribution in [0.5, 0.6) is 0 Å². The lowest BCUT2D eigenvalue weighted by atomic mass is 10.2. The molecule has 0 aromatic carbocycles. The van der Waals surface area contributed by atoms with Crippen LogP contribution in [0, 0.1) is 0 Å². The van der Waals surface area contributed by atoms with Crippen molar-refractivity contribution in [1.29, 1.82) is 0 Å². The zero-order chi connectivity index (χ0) is 11.0. The van der Waals surface area contributed by atoms with Crippen LogP contribution in [0.15, 0.2) is 0 Å². The van der Waals surface area contributed by atoms with E-state index in [1.54, 1.807) is 0 Å². The molecule has 2 atom stereocenters. The topological polar surface area (TPSA) is 35.5 Å². The van der Waals surface area contributed by atoms with E-state index in [2.05, 4.69) is 38.0 Å². The summed E-state index contributed by atoms with van der Waals surface area (Å²) in [5.41, 5.74) is 0. The molecule has 2 unspecified atom stereocenters. The maximum Gasteiger partial charge on any atom is 0.0597 e. The molecular weight excluding hydrogens is 176 g/mol. The molecule has 0 fully saturated rings. The molecule has 86 valence electrons. The van der Waals surface area contributed by atoms with Crippen LogP contribution in [0.4, 0.5) is 0 Å². The van der Waals surface area contributed by atoms with Crippen molar-refractivity contribution in [1.82, 2.24) is 10.2 Å². The zero-order valence-electron chi connectivity index (χ0n) is 10.1. The summed E-state index contributed by atoms with van der Waals surface area (Å²) in [6.07, 6.45) is 2.27. The first-order valence-electron chi connectivity index (χ1n) is 5.70. The zero-order valence-corrected chi connectivity index (χ0v) is 10.1. The van der Waals surface area contributed by atoms with Gasteiger partial charge in [0.15, 0.2) is 0 Å². The second-order valence-corrected chi connectivity index (χ2v) is 4.03. The maximum atomic E-state index is 9.17. The Balaban J connectivity index is 3.79. The molecule has 0 aliphatic heterocycles. The van der Waals surface area contributed by atoms with Crippen molar-refractivity contribution in [2.24, 2.45) is 0 Å². The van der Waals surface area contributed by atoms with E-state index in [-0.39, 0.29) is 12.6 Å². The Morgan fingerprint density at radius 1 is 1.36 bits per heavy atom. The van der Waals surface area contributed by atoms with E-state index in [0.29, 0.717) is 6.04 Å². The molecule has 0 aliphatic rings. The average Bonchev–Trinajstić information content (AvgIpc) is 2.22. The van der Waals surface area contributed by atoms with Crippen molar-refractivity contribution in [2.75, 3.05) is 26.7 Å². The fourth-order valence-corrected chi connectivity index (χ4v) is 1.37. The van der Waals surface area contributed by atoms with Crippen LogP contribution in [0.2, 0.25) is 0 Å². The molecule has 0 spiro atoms. The molecule has 0 bridgehead atoms. The molecule has 0 saturated carbocycles. The molecule has 3 heteroatoms. The second kappa shape index (κ2) is 8.21. The highest BCUT2D eigenvalue weighted by molar-refractivity contribution is 4.72. The Morgan fingerprint density at radius 2 is 2.00 bits per heavy atom. The monoisotopic (exact) mass is 202 g/mol. The molecule has 0 radical (unpaired) electrons. The molecule has 0 aromatic heterocycles. The molecule has 0 amide bonds. The third kappa shape index (κ3) is 5.58. The van der Waals surface area contributed by atoms with Gasteiger partial charge in [-0.05, 0) is 33.4 Å². The predicted molar refractivity (Wildman–Crippen MR) is 61.6 cm³/mol. The fraction of sp³-hybridized carbons (Fsp3) is 1.00. The summed E-state index contributed by atoms with van der Waals surface area (Å²) in [4.78, 5) is 2.30. The van der Waals surface area contributed by atoms with E-state index in [9.17, 15) is 0 Å². The smallest absolute Gasteiger partial charge is 0.0597 e. The Morgan fingerprint density at radius 3 is 2.43 bits per heavy atom. The third-order valence-corrected chi connectivity index (χ3v) is 2.76. The maximum absolute atomic E-state index is 9.17. The van der Waals surface area contributed by atoms with Crippen molar-refractivity contribution in [3.63, 3.8) is 0 Å². The average molecular weight is 202 g/mol. The van der Waals surface area contributed by atoms with Crippen LogP contribution in [0.1, 0.15) is 33.6 Å². The van der Waals surface area contributed by atoms with Gasteiger partial charge in [0, 0.05) is 18.6 Å². The minimum Gasteiger partial charge on any atom is -0.395 e. The van der Waals surface area contributed by atoms with E-state index in [1.165, 1.54) is 0 Å². The number of aliphatic hydroxyl groups excluding tert-OH is 1. The lowest BCUT2D eigenvalue weighted by molar-refractivity contribution is 0.173. The Labute approximate surface area is 88.5 Å². The molecule has 0 rings (SSSR count). The normalized spacial score (nSPS) is 15.9. The summed E-state index contributed by atoms with van der Waals surface area (Å²) in [6.45, 7) is 8.68. The van der Waals surface area contributed by atoms with Crippen LogP contribution >= 0.6 is 0 Å². The van der Waals surface area contributed by atoms with Crippen LogP contribution < -0.4 is 5.32 Å². The van der Waals surface area contributed by atoms with E-state index in [0.717, 1.165) is 25.9 Å². The quantitative estimate of drug-likeness (QED) is 0.618. The van der Waals surface area contributed by atoms with Gasteiger partial charge in [-0.3, -0.25) is 0 Å². The highest BCUT2D eigenvalue weighted by atomic mass is 16.3. The second-order valence-electron chi connectivity index (χ2n) is 4.03. The molecule has 3 nitrogen and oxygen atoms in total. The van der Waals surface area contributed by atoms with Gasteiger partial charge in [-0.1, -0.05) is 13.8 Å². The van der Waals surface area contributed by atoms with Crippen molar-refractivity contribution in [2.45, 2.75) is 45.7 Å². The lowest BCUT2D eigenvalue weighted by Crippen LogP contribution is -2.44. The molecule has 0 heterocycles. The standard InChI is InChI=1S/C11H26N2O/c1-5-7-12-11(9-14)8-13(4)10(3)6-2/h10-12,14H,5-9H2,1-4H3. The van der Waals surface area contributed by atoms with Crippen molar-refractivity contribution in [3.05, 3.63) is 0 Å². The number of nitrogens with zero attached hydrogens (tertiary/aromatic N) is 1. The van der Waals surface area contributed by atoms with Crippen molar-refractivity contribution < 1.29 is 5.11 Å². The van der Waals surface area contributed by atoms with Gasteiger partial charge < -0.3 is 15.3 Å². The lowest BCUT2D eigenvalue weighted by Gasteiger charge is -2.28. The molecule has 14 heavy (non-hydrogen) atoms. The van der Waals surface area contributed by atoms with Gasteiger partial charge >= 0.3 is 0 Å². The van der Waals surface area contributed by atoms with E-state index in [1.807, 2.05) is 0 Å². The number of rotatable bonds is 8. The van der Waals surface area contributed by atoms with E-state index in [4.69, 9.17) is 5.11 Å². The van der Waals surface area contributed by atoms with Gasteiger partial charge in [0.1, 0.15) is 0 Å². The SMILES string of the molecule is CCCNC(CO)CN(C)C(C)CC. The summed E-state index contributed by atoms with van der Waals surface area (Å²) in [5.74, 6) is 0. The molecular formula is C11H26N2O. The van der Waals surface area contributed by atoms with Crippen LogP contribution in [0.3, 0.4) is 0 Å². The van der Waals surface area contributed by atoms with Gasteiger partial charge in [0.25, 0.3) is 0 Å². The van der Waals surface area contributed by atoms with Crippen molar-refractivity contribution in [3.8, 4) is 0 Å². The Kier molecular flexibility index (Phi) is 8.14. The number of nitrogens with one attached hydrogen (secondary N) is 1. The number of hydrogen-bond donors (Lipinski definition) is 2. The van der Waals surface area contributed by atoms with Crippen molar-refractivity contribution >= 4 is 0 Å². The fourth-order valence-electron chi connectivity index (χ4n) is 1.37. The number of hydrogen-bond acceptors (Lipinski definition) is 3. The highest BCUT2D eigenvalue weighted by Crippen LogP contribution is 2.01. The summed E-state index contributed by atoms with van der Waals surface area (Å²) in [7, 11) is 2.12. The Bertz CT molecular complexity index is 130. The van der Waals surface area contributed by atoms with Crippen LogP contribution in [-0.4, -0.2) is 48.8 Å². The van der Waals surface area contributed by atoms with Gasteiger partial charge in [-0.15, -0.1) is 0 Å². The first-order valence-corrected chi connectivity index (χ1v) is 5.70. The van der Waals surface area contributed by atoms with Crippen LogP contribution in [0.25, 0.3) is 0 Å². The minimum atomic E-state index is 0.217. The number of likely N-dealkylation sites (N-methyl/N-ethyl adjacent to an activating group) is 1. The van der Waals surface area contributed by atoms with E-state index < -0.39 is 0 Å². The number of aliphatic hydroxyl groups is 1. The molecule has 0 aromatic rings. The highest BCUT2D eigenvalue weighted by Gasteiger charge is 2.12. The molecule has 2 N–H and O–H groups in total. The predicted octanol–water partition coefficient (Wildman–Crippen LogP) is 1.08. The van der Waals surface area contributed by atoms with Gasteiger partial charge in [-0.2, -0.15) is 0 Å². The van der Waals surface area contributed by atoms with Gasteiger partial charge in [0.05, 0.1) is 6.61 Å². The van der Waals surface area contributed by atoms with E-state index >= 15 is 0 Å². The molecule has 0 saturated heterocycles. The summed E-state index contributed by atoms with van der Waals surface area (Å²) in [5, 5.41) is 12.5. The summed E-state index contributed by atoms with van der Waals surface area (Å²) in [6, 6.07) is 0.807. The molecule has 0 aliphatic carbocycles. The minimum absolute atomic E-state index is 0.217. The Hall–Kier alpha value is -0.120. The third-order valence-electron chi connectivity index (χ3n) is 2.76. The van der Waals surface area contributed by atoms with Crippen LogP contribution in [-0.2, 0) is 0 Å². The largest absolute Gasteiger partial charge is 0.395 e.